The minimum atomic E-state index is -3.25. The van der Waals surface area contributed by atoms with E-state index in [0.29, 0.717) is 17.4 Å². The standard InChI is InChI=1S/C22H26N2O2S.I2/c1-24-12-5-6-19(24)15-18-16-23-22-10-9-17(14-21(18)22)11-13-27(25,26)20-7-3-2-4-8-20;1-2/h2-4,7-10,14,16,19,23H,5-6,11-13,15H2,1H3;/t19-;/m1./s1. The molecule has 1 saturated heterocycles. The predicted octanol–water partition coefficient (Wildman–Crippen LogP) is 5.59. The number of aryl methyl sites for hydroxylation is 1. The number of nitrogens with zero attached hydrogens (tertiary/aromatic N) is 1. The quantitative estimate of drug-likeness (QED) is 0.359. The number of hydrogen-bond acceptors (Lipinski definition) is 3. The van der Waals surface area contributed by atoms with Crippen LogP contribution in [0.25, 0.3) is 10.9 Å². The predicted molar refractivity (Wildman–Crippen MR) is 138 cm³/mol. The highest BCUT2D eigenvalue weighted by molar-refractivity contribution is 15.0. The molecular weight excluding hydrogens is 610 g/mol. The highest BCUT2D eigenvalue weighted by atomic mass is 128. The van der Waals surface area contributed by atoms with Gasteiger partial charge in [-0.25, -0.2) is 8.42 Å². The molecule has 1 aliphatic rings. The highest BCUT2D eigenvalue weighted by Gasteiger charge is 2.22. The van der Waals surface area contributed by atoms with Crippen molar-refractivity contribution in [3.8, 4) is 0 Å². The molecule has 2 heterocycles. The molecule has 0 saturated carbocycles. The Morgan fingerprint density at radius 2 is 1.90 bits per heavy atom. The van der Waals surface area contributed by atoms with E-state index in [1.54, 1.807) is 24.3 Å². The summed E-state index contributed by atoms with van der Waals surface area (Å²) < 4.78 is 25.1. The maximum Gasteiger partial charge on any atom is 0.178 e. The monoisotopic (exact) mass is 636 g/mol. The Morgan fingerprint density at radius 3 is 2.59 bits per heavy atom. The zero-order chi connectivity index (χ0) is 20.9. The van der Waals surface area contributed by atoms with Gasteiger partial charge < -0.3 is 9.88 Å². The molecular formula is C22H26I2N2O2S. The summed E-state index contributed by atoms with van der Waals surface area (Å²) in [5.41, 5.74) is 3.53. The third kappa shape index (κ3) is 5.74. The lowest BCUT2D eigenvalue weighted by Crippen LogP contribution is -2.26. The van der Waals surface area contributed by atoms with Crippen LogP contribution in [0.3, 0.4) is 0 Å². The van der Waals surface area contributed by atoms with Gasteiger partial charge in [-0.05, 0) is 74.7 Å². The number of sulfone groups is 1. The van der Waals surface area contributed by atoms with Crippen molar-refractivity contribution in [3.05, 3.63) is 65.9 Å². The van der Waals surface area contributed by atoms with Gasteiger partial charge in [0.25, 0.3) is 0 Å². The normalized spacial score (nSPS) is 17.3. The van der Waals surface area contributed by atoms with Crippen molar-refractivity contribution < 1.29 is 8.42 Å². The molecule has 7 heteroatoms. The first-order valence-corrected chi connectivity index (χ1v) is 17.7. The van der Waals surface area contributed by atoms with Crippen molar-refractivity contribution in [2.45, 2.75) is 36.6 Å². The van der Waals surface area contributed by atoms with Gasteiger partial charge >= 0.3 is 0 Å². The lowest BCUT2D eigenvalue weighted by Gasteiger charge is -2.18. The third-order valence-electron chi connectivity index (χ3n) is 5.72. The van der Waals surface area contributed by atoms with Crippen molar-refractivity contribution in [1.82, 2.24) is 9.88 Å². The number of H-pyrrole nitrogens is 1. The fourth-order valence-electron chi connectivity index (χ4n) is 4.04. The van der Waals surface area contributed by atoms with E-state index < -0.39 is 9.84 Å². The van der Waals surface area contributed by atoms with Crippen LogP contribution in [0.1, 0.15) is 24.0 Å². The Balaban J connectivity index is 0.00000117. The second kappa shape index (κ2) is 10.6. The van der Waals surface area contributed by atoms with E-state index in [1.165, 1.54) is 30.3 Å². The largest absolute Gasteiger partial charge is 0.361 e. The number of rotatable bonds is 6. The van der Waals surface area contributed by atoms with Gasteiger partial charge in [0.2, 0.25) is 0 Å². The number of likely N-dealkylation sites (N-methyl/N-ethyl adjacent to an activating group) is 1. The van der Waals surface area contributed by atoms with Crippen LogP contribution < -0.4 is 0 Å². The summed E-state index contributed by atoms with van der Waals surface area (Å²) in [6.07, 6.45) is 6.20. The first kappa shape index (κ1) is 23.0. The van der Waals surface area contributed by atoms with Crippen LogP contribution in [0, 0.1) is 0 Å². The maximum atomic E-state index is 12.5. The molecule has 4 nitrogen and oxygen atoms in total. The molecule has 1 fully saturated rings. The van der Waals surface area contributed by atoms with Crippen LogP contribution in [0.5, 0.6) is 0 Å². The smallest absolute Gasteiger partial charge is 0.178 e. The second-order valence-corrected chi connectivity index (χ2v) is 9.67. The maximum absolute atomic E-state index is 12.5. The minimum absolute atomic E-state index is 0.133. The van der Waals surface area contributed by atoms with Gasteiger partial charge in [-0.15, -0.1) is 0 Å². The van der Waals surface area contributed by atoms with Crippen molar-refractivity contribution in [1.29, 1.82) is 0 Å². The molecule has 0 bridgehead atoms. The number of likely N-dealkylation sites (tertiary alicyclic amines) is 1. The summed E-state index contributed by atoms with van der Waals surface area (Å²) in [6.45, 7) is 1.18. The van der Waals surface area contributed by atoms with Crippen LogP contribution in [0.2, 0.25) is 0 Å². The van der Waals surface area contributed by atoms with Crippen molar-refractivity contribution in [2.24, 2.45) is 0 Å². The zero-order valence-electron chi connectivity index (χ0n) is 16.4. The average Bonchev–Trinajstić information content (AvgIpc) is 3.35. The molecule has 156 valence electrons. The second-order valence-electron chi connectivity index (χ2n) is 7.56. The number of hydrogen-bond donors (Lipinski definition) is 1. The molecule has 4 rings (SSSR count). The molecule has 3 aromatic rings. The summed E-state index contributed by atoms with van der Waals surface area (Å²) >= 11 is 4.24. The lowest BCUT2D eigenvalue weighted by atomic mass is 10.0. The lowest BCUT2D eigenvalue weighted by molar-refractivity contribution is 0.310. The number of aromatic amines is 1. The van der Waals surface area contributed by atoms with E-state index in [2.05, 4.69) is 72.5 Å². The number of fused-ring (bicyclic) bond motifs is 1. The number of nitrogens with one attached hydrogen (secondary N) is 1. The van der Waals surface area contributed by atoms with Crippen molar-refractivity contribution in [2.75, 3.05) is 19.3 Å². The third-order valence-corrected chi connectivity index (χ3v) is 7.45. The number of benzene rings is 2. The Bertz CT molecular complexity index is 1040. The van der Waals surface area contributed by atoms with Gasteiger partial charge in [-0.1, -0.05) is 24.3 Å². The SMILES string of the molecule is CN1CCC[C@@H]1Cc1c[nH]c2ccc(CCS(=O)(=O)c3ccccc3)cc12.II. The van der Waals surface area contributed by atoms with Crippen LogP contribution in [-0.4, -0.2) is 43.7 Å². The molecule has 1 atom stereocenters. The Morgan fingerprint density at radius 1 is 1.14 bits per heavy atom. The van der Waals surface area contributed by atoms with E-state index in [4.69, 9.17) is 0 Å². The van der Waals surface area contributed by atoms with Crippen LogP contribution in [0.4, 0.5) is 0 Å². The fourth-order valence-corrected chi connectivity index (χ4v) is 5.35. The van der Waals surface area contributed by atoms with Gasteiger partial charge in [0.1, 0.15) is 0 Å². The van der Waals surface area contributed by atoms with Gasteiger partial charge in [0, 0.05) is 60.4 Å². The topological polar surface area (TPSA) is 53.2 Å². The summed E-state index contributed by atoms with van der Waals surface area (Å²) in [5, 5.41) is 1.23. The van der Waals surface area contributed by atoms with Crippen molar-refractivity contribution in [3.63, 3.8) is 0 Å². The fraction of sp³-hybridized carbons (Fsp3) is 0.364. The molecule has 0 radical (unpaired) electrons. The van der Waals surface area contributed by atoms with E-state index >= 15 is 0 Å². The summed E-state index contributed by atoms with van der Waals surface area (Å²) in [7, 11) is -1.05. The van der Waals surface area contributed by atoms with Gasteiger partial charge in [0.05, 0.1) is 10.6 Å². The Hall–Kier alpha value is -0.650. The molecule has 29 heavy (non-hydrogen) atoms. The Kier molecular flexibility index (Phi) is 8.41. The van der Waals surface area contributed by atoms with Gasteiger partial charge in [-0.2, -0.15) is 0 Å². The number of aromatic nitrogens is 1. The Labute approximate surface area is 196 Å². The molecule has 1 aromatic heterocycles. The first-order valence-electron chi connectivity index (χ1n) is 9.74. The van der Waals surface area contributed by atoms with Gasteiger partial charge in [0.15, 0.2) is 9.84 Å². The van der Waals surface area contributed by atoms with E-state index in [0.717, 1.165) is 17.5 Å². The van der Waals surface area contributed by atoms with E-state index in [9.17, 15) is 8.42 Å². The molecule has 0 amide bonds. The zero-order valence-corrected chi connectivity index (χ0v) is 21.6. The van der Waals surface area contributed by atoms with Crippen molar-refractivity contribution >= 4 is 58.0 Å². The minimum Gasteiger partial charge on any atom is -0.361 e. The van der Waals surface area contributed by atoms with Crippen LogP contribution in [-0.2, 0) is 22.7 Å². The average molecular weight is 636 g/mol. The van der Waals surface area contributed by atoms with Crippen LogP contribution in [0.15, 0.2) is 59.6 Å². The molecule has 2 aromatic carbocycles. The summed E-state index contributed by atoms with van der Waals surface area (Å²) in [6, 6.07) is 15.6. The molecule has 1 aliphatic heterocycles. The summed E-state index contributed by atoms with van der Waals surface area (Å²) in [4.78, 5) is 6.21. The van der Waals surface area contributed by atoms with E-state index in [-0.39, 0.29) is 5.75 Å². The first-order chi connectivity index (χ1) is 14.0. The van der Waals surface area contributed by atoms with Gasteiger partial charge in [-0.3, -0.25) is 0 Å². The molecule has 0 aliphatic carbocycles. The van der Waals surface area contributed by atoms with E-state index in [1.807, 2.05) is 12.1 Å². The highest BCUT2D eigenvalue weighted by Crippen LogP contribution is 2.26. The number of halogens is 2. The molecule has 1 N–H and O–H groups in total. The molecule has 0 unspecified atom stereocenters. The molecule has 0 spiro atoms. The van der Waals surface area contributed by atoms with Crippen LogP contribution >= 0.6 is 37.2 Å². The summed E-state index contributed by atoms with van der Waals surface area (Å²) in [5.74, 6) is 0.133.